The van der Waals surface area contributed by atoms with Gasteiger partial charge in [0.15, 0.2) is 11.7 Å². The first-order valence-electron chi connectivity index (χ1n) is 6.27. The third-order valence-corrected chi connectivity index (χ3v) is 4.33. The normalized spacial score (nSPS) is 32.5. The highest BCUT2D eigenvalue weighted by Crippen LogP contribution is 2.33. The number of hydrogen-bond donors (Lipinski definition) is 5. The van der Waals surface area contributed by atoms with Crippen LogP contribution in [0.4, 0.5) is 11.5 Å². The fraction of sp³-hybridized carbons (Fsp3) is 0.600. The molecule has 9 nitrogen and oxygen atoms in total. The van der Waals surface area contributed by atoms with Gasteiger partial charge < -0.3 is 34.5 Å². The Morgan fingerprint density at radius 1 is 1.50 bits per heavy atom. The van der Waals surface area contributed by atoms with Gasteiger partial charge in [0.25, 0.3) is 0 Å². The summed E-state index contributed by atoms with van der Waals surface area (Å²) in [5, 5.41) is 39.9. The van der Waals surface area contributed by atoms with Gasteiger partial charge in [0.2, 0.25) is 0 Å². The molecule has 4 atom stereocenters. The Labute approximate surface area is 117 Å². The van der Waals surface area contributed by atoms with Crippen LogP contribution in [0.3, 0.4) is 0 Å². The molecule has 0 amide bonds. The lowest BCUT2D eigenvalue weighted by atomic mass is 10.1. The lowest BCUT2D eigenvalue weighted by Crippen LogP contribution is -2.45. The second-order valence-corrected chi connectivity index (χ2v) is 5.90. The van der Waals surface area contributed by atoms with Crippen LogP contribution in [-0.2, 0) is 4.74 Å². The molecule has 0 spiro atoms. The predicted molar refractivity (Wildman–Crippen MR) is 72.1 cm³/mol. The van der Waals surface area contributed by atoms with Crippen LogP contribution in [0.15, 0.2) is 6.33 Å². The first-order valence-corrected chi connectivity index (χ1v) is 7.17. The van der Waals surface area contributed by atoms with Gasteiger partial charge in [-0.1, -0.05) is 0 Å². The van der Waals surface area contributed by atoms with Gasteiger partial charge in [0, 0.05) is 0 Å². The molecule has 0 aromatic carbocycles. The fourth-order valence-electron chi connectivity index (χ4n) is 2.64. The number of rotatable bonds is 2. The number of nitrogens with one attached hydrogen (secondary N) is 2. The zero-order chi connectivity index (χ0) is 14.4. The minimum absolute atomic E-state index is 0.126. The van der Waals surface area contributed by atoms with E-state index in [9.17, 15) is 10.2 Å². The molecule has 2 aliphatic heterocycles. The van der Waals surface area contributed by atoms with E-state index in [0.717, 1.165) is 0 Å². The first kappa shape index (κ1) is 13.5. The molecule has 3 rings (SSSR count). The van der Waals surface area contributed by atoms with E-state index in [1.165, 1.54) is 0 Å². The van der Waals surface area contributed by atoms with Crippen LogP contribution in [0.1, 0.15) is 0 Å². The Hall–Kier alpha value is -1.46. The quantitative estimate of drug-likeness (QED) is 0.353. The van der Waals surface area contributed by atoms with E-state index in [1.807, 2.05) is 4.23 Å². The van der Waals surface area contributed by atoms with Gasteiger partial charge >= 0.3 is 0 Å². The smallest absolute Gasteiger partial charge is 0.173 e. The van der Waals surface area contributed by atoms with Crippen molar-refractivity contribution in [3.8, 4) is 0 Å². The van der Waals surface area contributed by atoms with Crippen molar-refractivity contribution in [3.63, 3.8) is 0 Å². The molecule has 0 bridgehead atoms. The van der Waals surface area contributed by atoms with E-state index in [0.29, 0.717) is 28.6 Å². The van der Waals surface area contributed by atoms with Gasteiger partial charge in [-0.3, -0.25) is 5.41 Å². The monoisotopic (exact) mass is 299 g/mol. The SMILES string of the molecule is N=c1ncn([SiH3])c2c1NCN2[C@@H]1O[C@H](CO)[C@@H](O)[C@H]1O. The van der Waals surface area contributed by atoms with Gasteiger partial charge in [-0.25, -0.2) is 4.98 Å². The summed E-state index contributed by atoms with van der Waals surface area (Å²) in [6, 6.07) is 0. The van der Waals surface area contributed by atoms with Crippen LogP contribution in [0.2, 0.25) is 0 Å². The maximum absolute atomic E-state index is 10.1. The molecule has 2 aliphatic rings. The summed E-state index contributed by atoms with van der Waals surface area (Å²) in [4.78, 5) is 5.70. The maximum atomic E-state index is 10.1. The molecule has 1 saturated heterocycles. The number of aromatic nitrogens is 2. The second-order valence-electron chi connectivity index (χ2n) is 4.94. The van der Waals surface area contributed by atoms with Crippen LogP contribution in [0, 0.1) is 5.41 Å². The van der Waals surface area contributed by atoms with E-state index >= 15 is 0 Å². The molecule has 5 N–H and O–H groups in total. The Kier molecular flexibility index (Phi) is 3.26. The van der Waals surface area contributed by atoms with E-state index in [4.69, 9.17) is 15.3 Å². The van der Waals surface area contributed by atoms with Crippen molar-refractivity contribution in [1.82, 2.24) is 9.22 Å². The highest BCUT2D eigenvalue weighted by molar-refractivity contribution is 6.09. The molecule has 1 aromatic rings. The molecule has 110 valence electrons. The summed E-state index contributed by atoms with van der Waals surface area (Å²) in [6.07, 6.45) is -2.26. The largest absolute Gasteiger partial charge is 0.394 e. The van der Waals surface area contributed by atoms with Gasteiger partial charge in [-0.2, -0.15) is 0 Å². The molecule has 0 aliphatic carbocycles. The summed E-state index contributed by atoms with van der Waals surface area (Å²) < 4.78 is 7.38. The summed E-state index contributed by atoms with van der Waals surface area (Å²) in [7, 11) is 0.655. The molecule has 0 unspecified atom stereocenters. The Morgan fingerprint density at radius 2 is 2.25 bits per heavy atom. The molecule has 1 fully saturated rings. The summed E-state index contributed by atoms with van der Waals surface area (Å²) in [5.74, 6) is 0.714. The summed E-state index contributed by atoms with van der Waals surface area (Å²) >= 11 is 0. The number of aliphatic hydroxyl groups excluding tert-OH is 3. The summed E-state index contributed by atoms with van der Waals surface area (Å²) in [6.45, 7) is -0.00842. The van der Waals surface area contributed by atoms with Crippen molar-refractivity contribution in [2.45, 2.75) is 24.5 Å². The van der Waals surface area contributed by atoms with Crippen LogP contribution in [-0.4, -0.2) is 72.8 Å². The second kappa shape index (κ2) is 4.82. The summed E-state index contributed by atoms with van der Waals surface area (Å²) in [5.41, 5.74) is 0.710. The van der Waals surface area contributed by atoms with Crippen molar-refractivity contribution in [1.29, 1.82) is 5.41 Å². The molecule has 0 radical (unpaired) electrons. The molecule has 1 aromatic heterocycles. The molecular formula is C10H17N5O4Si. The van der Waals surface area contributed by atoms with E-state index < -0.39 is 24.5 Å². The molecular weight excluding hydrogens is 282 g/mol. The highest BCUT2D eigenvalue weighted by atomic mass is 28.2. The minimum Gasteiger partial charge on any atom is -0.394 e. The van der Waals surface area contributed by atoms with Gasteiger partial charge in [-0.15, -0.1) is 0 Å². The lowest BCUT2D eigenvalue weighted by Gasteiger charge is -2.28. The van der Waals surface area contributed by atoms with Crippen molar-refractivity contribution in [2.24, 2.45) is 0 Å². The lowest BCUT2D eigenvalue weighted by molar-refractivity contribution is -0.0220. The van der Waals surface area contributed by atoms with Crippen molar-refractivity contribution in [3.05, 3.63) is 11.8 Å². The number of fused-ring (bicyclic) bond motifs is 1. The number of hydrogen-bond acceptors (Lipinski definition) is 8. The van der Waals surface area contributed by atoms with Crippen LogP contribution in [0.25, 0.3) is 0 Å². The Morgan fingerprint density at radius 3 is 2.90 bits per heavy atom. The standard InChI is InChI=1S/C10H17N5O4Si/c11-8-5-9(15(20)3-13-8)14(2-12-5)10-7(18)6(17)4(1-16)19-10/h3-4,6-7,10-12,16-18H,1-2H2,20H3/t4-,6-,7-,10-/m1/s1. The maximum Gasteiger partial charge on any atom is 0.173 e. The van der Waals surface area contributed by atoms with Crippen LogP contribution >= 0.6 is 0 Å². The third-order valence-electron chi connectivity index (χ3n) is 3.68. The third kappa shape index (κ3) is 1.84. The average molecular weight is 299 g/mol. The van der Waals surface area contributed by atoms with Crippen molar-refractivity contribution in [2.75, 3.05) is 23.5 Å². The van der Waals surface area contributed by atoms with Crippen molar-refractivity contribution >= 4 is 21.9 Å². The molecule has 3 heterocycles. The topological polar surface area (TPSA) is 127 Å². The van der Waals surface area contributed by atoms with E-state index in [-0.39, 0.29) is 12.1 Å². The van der Waals surface area contributed by atoms with Gasteiger partial charge in [0.05, 0.1) is 19.6 Å². The van der Waals surface area contributed by atoms with Crippen molar-refractivity contribution < 1.29 is 20.1 Å². The van der Waals surface area contributed by atoms with Gasteiger partial charge in [-0.05, 0) is 0 Å². The average Bonchev–Trinajstić information content (AvgIpc) is 2.99. The van der Waals surface area contributed by atoms with E-state index in [2.05, 4.69) is 10.3 Å². The highest BCUT2D eigenvalue weighted by Gasteiger charge is 2.47. The number of ether oxygens (including phenoxy) is 1. The Balaban J connectivity index is 1.96. The van der Waals surface area contributed by atoms with Gasteiger partial charge in [0.1, 0.15) is 40.2 Å². The molecule has 10 heteroatoms. The molecule has 0 saturated carbocycles. The fourth-order valence-corrected chi connectivity index (χ4v) is 3.24. The number of aliphatic hydroxyl groups is 3. The minimum atomic E-state index is -1.13. The first-order chi connectivity index (χ1) is 9.54. The zero-order valence-corrected chi connectivity index (χ0v) is 12.9. The van der Waals surface area contributed by atoms with E-state index in [1.54, 1.807) is 11.2 Å². The van der Waals surface area contributed by atoms with Crippen LogP contribution in [0.5, 0.6) is 0 Å². The molecule has 20 heavy (non-hydrogen) atoms. The zero-order valence-electron chi connectivity index (χ0n) is 10.9. The predicted octanol–water partition coefficient (Wildman–Crippen LogP) is -3.88. The Bertz CT molecular complexity index is 581. The number of anilines is 2. The number of nitrogens with zero attached hydrogens (tertiary/aromatic N) is 3. The van der Waals surface area contributed by atoms with Crippen LogP contribution < -0.4 is 15.7 Å².